The number of hydrogen-bond donors (Lipinski definition) is 1. The van der Waals surface area contributed by atoms with Crippen LogP contribution < -0.4 is 0 Å². The first-order chi connectivity index (χ1) is 8.54. The van der Waals surface area contributed by atoms with Gasteiger partial charge in [-0.2, -0.15) is 4.31 Å². The van der Waals surface area contributed by atoms with Crippen LogP contribution in [0.1, 0.15) is 13.3 Å². The van der Waals surface area contributed by atoms with E-state index in [1.807, 2.05) is 6.92 Å². The zero-order valence-corrected chi connectivity index (χ0v) is 11.1. The fourth-order valence-corrected chi connectivity index (χ4v) is 3.45. The van der Waals surface area contributed by atoms with Crippen molar-refractivity contribution in [2.24, 2.45) is 0 Å². The van der Waals surface area contributed by atoms with Gasteiger partial charge in [0.2, 0.25) is 10.0 Å². The summed E-state index contributed by atoms with van der Waals surface area (Å²) in [4.78, 5) is 0.124. The van der Waals surface area contributed by atoms with Crippen molar-refractivity contribution in [2.45, 2.75) is 24.3 Å². The summed E-state index contributed by atoms with van der Waals surface area (Å²) in [5, 5.41) is 9.37. The van der Waals surface area contributed by atoms with E-state index >= 15 is 0 Å². The van der Waals surface area contributed by atoms with Crippen molar-refractivity contribution in [3.8, 4) is 5.75 Å². The molecule has 0 aliphatic carbocycles. The molecule has 1 aliphatic rings. The van der Waals surface area contributed by atoms with E-state index in [4.69, 9.17) is 4.74 Å². The molecule has 18 heavy (non-hydrogen) atoms. The largest absolute Gasteiger partial charge is 0.508 e. The standard InChI is InChI=1S/C12H17NO4S/c1-2-11-9-13(6-7-17-11)18(15,16)12-5-3-4-10(14)8-12/h3-5,8,11,14H,2,6-7,9H2,1H3. The molecule has 1 aromatic carbocycles. The molecule has 0 spiro atoms. The molecular formula is C12H17NO4S. The van der Waals surface area contributed by atoms with Crippen LogP contribution in [0.5, 0.6) is 5.75 Å². The Morgan fingerprint density at radius 2 is 2.28 bits per heavy atom. The predicted octanol–water partition coefficient (Wildman–Crippen LogP) is 1.19. The highest BCUT2D eigenvalue weighted by atomic mass is 32.2. The van der Waals surface area contributed by atoms with Gasteiger partial charge in [-0.05, 0) is 24.6 Å². The van der Waals surface area contributed by atoms with Crippen LogP contribution in [0, 0.1) is 0 Å². The first-order valence-electron chi connectivity index (χ1n) is 5.95. The molecule has 1 heterocycles. The third kappa shape index (κ3) is 2.66. The van der Waals surface area contributed by atoms with E-state index < -0.39 is 10.0 Å². The molecule has 0 saturated carbocycles. The number of rotatable bonds is 3. The van der Waals surface area contributed by atoms with Crippen LogP contribution in [-0.4, -0.2) is 43.6 Å². The highest BCUT2D eigenvalue weighted by Gasteiger charge is 2.30. The Kier molecular flexibility index (Phi) is 3.89. The number of sulfonamides is 1. The molecular weight excluding hydrogens is 254 g/mol. The van der Waals surface area contributed by atoms with Gasteiger partial charge in [-0.15, -0.1) is 0 Å². The Labute approximate surface area is 107 Å². The maximum Gasteiger partial charge on any atom is 0.243 e. The molecule has 1 aliphatic heterocycles. The minimum Gasteiger partial charge on any atom is -0.508 e. The van der Waals surface area contributed by atoms with Gasteiger partial charge < -0.3 is 9.84 Å². The second-order valence-electron chi connectivity index (χ2n) is 4.26. The maximum absolute atomic E-state index is 12.4. The van der Waals surface area contributed by atoms with Crippen molar-refractivity contribution in [1.82, 2.24) is 4.31 Å². The lowest BCUT2D eigenvalue weighted by Gasteiger charge is -2.31. The topological polar surface area (TPSA) is 66.8 Å². The molecule has 100 valence electrons. The molecule has 1 aromatic rings. The van der Waals surface area contributed by atoms with Gasteiger partial charge >= 0.3 is 0 Å². The summed E-state index contributed by atoms with van der Waals surface area (Å²) in [6.07, 6.45) is 0.734. The molecule has 1 unspecified atom stereocenters. The minimum atomic E-state index is -3.53. The van der Waals surface area contributed by atoms with Crippen LogP contribution in [-0.2, 0) is 14.8 Å². The summed E-state index contributed by atoms with van der Waals surface area (Å²) in [6.45, 7) is 3.11. The molecule has 1 fully saturated rings. The summed E-state index contributed by atoms with van der Waals surface area (Å²) in [5.41, 5.74) is 0. The van der Waals surface area contributed by atoms with Gasteiger partial charge in [-0.1, -0.05) is 13.0 Å². The fraction of sp³-hybridized carbons (Fsp3) is 0.500. The van der Waals surface area contributed by atoms with Crippen LogP contribution in [0.15, 0.2) is 29.2 Å². The fourth-order valence-electron chi connectivity index (χ4n) is 1.95. The molecule has 2 rings (SSSR count). The Morgan fingerprint density at radius 1 is 1.50 bits per heavy atom. The van der Waals surface area contributed by atoms with Crippen LogP contribution >= 0.6 is 0 Å². The van der Waals surface area contributed by atoms with Crippen molar-refractivity contribution in [1.29, 1.82) is 0 Å². The van der Waals surface area contributed by atoms with Crippen molar-refractivity contribution in [3.63, 3.8) is 0 Å². The highest BCUT2D eigenvalue weighted by molar-refractivity contribution is 7.89. The SMILES string of the molecule is CCC1CN(S(=O)(=O)c2cccc(O)c2)CCO1. The number of morpholine rings is 1. The Balaban J connectivity index is 2.25. The normalized spacial score (nSPS) is 21.9. The minimum absolute atomic E-state index is 0.0450. The zero-order valence-electron chi connectivity index (χ0n) is 10.2. The van der Waals surface area contributed by atoms with E-state index in [2.05, 4.69) is 0 Å². The average Bonchev–Trinajstić information content (AvgIpc) is 2.39. The number of nitrogens with zero attached hydrogens (tertiary/aromatic N) is 1. The van der Waals surface area contributed by atoms with Gasteiger partial charge in [-0.25, -0.2) is 8.42 Å². The molecule has 5 nitrogen and oxygen atoms in total. The Bertz CT molecular complexity index is 515. The van der Waals surface area contributed by atoms with Gasteiger partial charge in [0, 0.05) is 13.1 Å². The van der Waals surface area contributed by atoms with Crippen LogP contribution in [0.4, 0.5) is 0 Å². The van der Waals surface area contributed by atoms with Gasteiger partial charge in [0.1, 0.15) is 5.75 Å². The number of aromatic hydroxyl groups is 1. The number of hydrogen-bond acceptors (Lipinski definition) is 4. The second kappa shape index (κ2) is 5.26. The molecule has 0 bridgehead atoms. The lowest BCUT2D eigenvalue weighted by Crippen LogP contribution is -2.45. The van der Waals surface area contributed by atoms with Gasteiger partial charge in [0.05, 0.1) is 17.6 Å². The lowest BCUT2D eigenvalue weighted by atomic mass is 10.2. The van der Waals surface area contributed by atoms with Crippen molar-refractivity contribution in [2.75, 3.05) is 19.7 Å². The van der Waals surface area contributed by atoms with Crippen molar-refractivity contribution in [3.05, 3.63) is 24.3 Å². The number of phenolic OH excluding ortho intramolecular Hbond substituents is 1. The molecule has 0 amide bonds. The van der Waals surface area contributed by atoms with Crippen LogP contribution in [0.3, 0.4) is 0 Å². The molecule has 1 N–H and O–H groups in total. The van der Waals surface area contributed by atoms with E-state index in [1.54, 1.807) is 0 Å². The van der Waals surface area contributed by atoms with Gasteiger partial charge in [0.25, 0.3) is 0 Å². The van der Waals surface area contributed by atoms with E-state index in [9.17, 15) is 13.5 Å². The van der Waals surface area contributed by atoms with Crippen molar-refractivity contribution >= 4 is 10.0 Å². The van der Waals surface area contributed by atoms with Crippen LogP contribution in [0.25, 0.3) is 0 Å². The van der Waals surface area contributed by atoms with Crippen LogP contribution in [0.2, 0.25) is 0 Å². The average molecular weight is 271 g/mol. The van der Waals surface area contributed by atoms with Gasteiger partial charge in [-0.3, -0.25) is 0 Å². The highest BCUT2D eigenvalue weighted by Crippen LogP contribution is 2.22. The summed E-state index contributed by atoms with van der Waals surface area (Å²) in [5.74, 6) is -0.0450. The molecule has 1 atom stereocenters. The molecule has 0 radical (unpaired) electrons. The number of ether oxygens (including phenoxy) is 1. The third-order valence-electron chi connectivity index (χ3n) is 3.01. The van der Waals surface area contributed by atoms with E-state index in [0.717, 1.165) is 6.42 Å². The van der Waals surface area contributed by atoms with E-state index in [1.165, 1.54) is 28.6 Å². The lowest BCUT2D eigenvalue weighted by molar-refractivity contribution is -0.00278. The monoisotopic (exact) mass is 271 g/mol. The summed E-state index contributed by atoms with van der Waals surface area (Å²) in [6, 6.07) is 5.74. The molecule has 0 aromatic heterocycles. The quantitative estimate of drug-likeness (QED) is 0.896. The first-order valence-corrected chi connectivity index (χ1v) is 7.39. The second-order valence-corrected chi connectivity index (χ2v) is 6.20. The van der Waals surface area contributed by atoms with E-state index in [0.29, 0.717) is 19.7 Å². The number of benzene rings is 1. The van der Waals surface area contributed by atoms with Crippen molar-refractivity contribution < 1.29 is 18.3 Å². The number of phenols is 1. The molecule has 6 heteroatoms. The maximum atomic E-state index is 12.4. The molecule has 1 saturated heterocycles. The summed E-state index contributed by atoms with van der Waals surface area (Å²) < 4.78 is 31.6. The predicted molar refractivity (Wildman–Crippen MR) is 66.9 cm³/mol. The van der Waals surface area contributed by atoms with Gasteiger partial charge in [0.15, 0.2) is 0 Å². The first kappa shape index (κ1) is 13.3. The van der Waals surface area contributed by atoms with E-state index in [-0.39, 0.29) is 16.7 Å². The Hall–Kier alpha value is -1.11. The third-order valence-corrected chi connectivity index (χ3v) is 4.87. The smallest absolute Gasteiger partial charge is 0.243 e. The summed E-state index contributed by atoms with van der Waals surface area (Å²) in [7, 11) is -3.53. The summed E-state index contributed by atoms with van der Waals surface area (Å²) >= 11 is 0. The Morgan fingerprint density at radius 3 is 2.94 bits per heavy atom. The zero-order chi connectivity index (χ0) is 13.2.